The van der Waals surface area contributed by atoms with Crippen LogP contribution >= 0.6 is 15.9 Å². The van der Waals surface area contributed by atoms with Crippen LogP contribution in [0.1, 0.15) is 25.3 Å². The molecule has 0 aliphatic heterocycles. The Labute approximate surface area is 110 Å². The minimum atomic E-state index is -0.110. The molecule has 0 aromatic heterocycles. The molecule has 3 nitrogen and oxygen atoms in total. The molecule has 0 heterocycles. The van der Waals surface area contributed by atoms with E-state index in [4.69, 9.17) is 0 Å². The number of hydrogen-bond donors (Lipinski definition) is 2. The summed E-state index contributed by atoms with van der Waals surface area (Å²) in [5.74, 6) is 0. The maximum absolute atomic E-state index is 11.4. The van der Waals surface area contributed by atoms with E-state index in [1.54, 1.807) is 7.05 Å². The van der Waals surface area contributed by atoms with Crippen molar-refractivity contribution in [1.29, 1.82) is 0 Å². The lowest BCUT2D eigenvalue weighted by molar-refractivity contribution is 0.237. The molecule has 4 heteroatoms. The van der Waals surface area contributed by atoms with E-state index in [9.17, 15) is 4.79 Å². The van der Waals surface area contributed by atoms with Gasteiger partial charge < -0.3 is 10.6 Å². The number of hydrogen-bond acceptors (Lipinski definition) is 1. The second kappa shape index (κ2) is 4.69. The van der Waals surface area contributed by atoms with Crippen LogP contribution in [0.5, 0.6) is 0 Å². The Bertz CT molecular complexity index is 412. The van der Waals surface area contributed by atoms with Crippen molar-refractivity contribution in [2.75, 3.05) is 7.05 Å². The molecular weight excluding hydrogens is 280 g/mol. The molecule has 17 heavy (non-hydrogen) atoms. The van der Waals surface area contributed by atoms with Gasteiger partial charge >= 0.3 is 6.03 Å². The molecule has 0 spiro atoms. The highest BCUT2D eigenvalue weighted by molar-refractivity contribution is 9.10. The standard InChI is InChI=1S/C13H17BrN2O/c1-9(16-12(17)15-2)13(7-8-13)10-3-5-11(14)6-4-10/h3-6,9H,7-8H2,1-2H3,(H2,15,16,17). The zero-order valence-corrected chi connectivity index (χ0v) is 11.7. The monoisotopic (exact) mass is 296 g/mol. The molecule has 1 unspecified atom stereocenters. The summed E-state index contributed by atoms with van der Waals surface area (Å²) >= 11 is 3.44. The largest absolute Gasteiger partial charge is 0.341 e. The van der Waals surface area contributed by atoms with Crippen LogP contribution in [0.2, 0.25) is 0 Å². The Morgan fingerprint density at radius 2 is 1.94 bits per heavy atom. The fourth-order valence-corrected chi connectivity index (χ4v) is 2.56. The van der Waals surface area contributed by atoms with Gasteiger partial charge in [0.15, 0.2) is 0 Å². The molecule has 1 atom stereocenters. The summed E-state index contributed by atoms with van der Waals surface area (Å²) < 4.78 is 1.09. The molecular formula is C13H17BrN2O. The summed E-state index contributed by atoms with van der Waals surface area (Å²) in [5.41, 5.74) is 1.44. The van der Waals surface area contributed by atoms with Gasteiger partial charge in [-0.2, -0.15) is 0 Å². The lowest BCUT2D eigenvalue weighted by atomic mass is 9.89. The molecule has 2 amide bonds. The molecule has 0 bridgehead atoms. The van der Waals surface area contributed by atoms with Crippen LogP contribution in [0, 0.1) is 0 Å². The average molecular weight is 297 g/mol. The Hall–Kier alpha value is -1.03. The predicted octanol–water partition coefficient (Wildman–Crippen LogP) is 2.80. The van der Waals surface area contributed by atoms with Gasteiger partial charge in [-0.25, -0.2) is 4.79 Å². The molecule has 1 aliphatic rings. The van der Waals surface area contributed by atoms with E-state index in [0.717, 1.165) is 17.3 Å². The quantitative estimate of drug-likeness (QED) is 0.885. The minimum Gasteiger partial charge on any atom is -0.341 e. The van der Waals surface area contributed by atoms with Gasteiger partial charge in [-0.15, -0.1) is 0 Å². The molecule has 2 rings (SSSR count). The Morgan fingerprint density at radius 3 is 2.41 bits per heavy atom. The van der Waals surface area contributed by atoms with Crippen LogP contribution in [0.3, 0.4) is 0 Å². The molecule has 1 saturated carbocycles. The van der Waals surface area contributed by atoms with Crippen LogP contribution in [0.4, 0.5) is 4.79 Å². The fourth-order valence-electron chi connectivity index (χ4n) is 2.30. The van der Waals surface area contributed by atoms with Crippen molar-refractivity contribution in [1.82, 2.24) is 10.6 Å². The number of carbonyl (C=O) groups is 1. The van der Waals surface area contributed by atoms with E-state index in [0.29, 0.717) is 0 Å². The number of amides is 2. The summed E-state index contributed by atoms with van der Waals surface area (Å²) in [6.45, 7) is 2.07. The number of benzene rings is 1. The van der Waals surface area contributed by atoms with Gasteiger partial charge in [-0.3, -0.25) is 0 Å². The van der Waals surface area contributed by atoms with E-state index in [2.05, 4.69) is 57.8 Å². The summed E-state index contributed by atoms with van der Waals surface area (Å²) in [7, 11) is 1.64. The maximum atomic E-state index is 11.4. The van der Waals surface area contributed by atoms with Crippen LogP contribution < -0.4 is 10.6 Å². The average Bonchev–Trinajstić information content (AvgIpc) is 3.11. The van der Waals surface area contributed by atoms with Crippen LogP contribution in [0.15, 0.2) is 28.7 Å². The van der Waals surface area contributed by atoms with Crippen molar-refractivity contribution in [2.24, 2.45) is 0 Å². The van der Waals surface area contributed by atoms with E-state index in [1.807, 2.05) is 0 Å². The van der Waals surface area contributed by atoms with Crippen LogP contribution in [0.25, 0.3) is 0 Å². The Morgan fingerprint density at radius 1 is 1.35 bits per heavy atom. The SMILES string of the molecule is CNC(=O)NC(C)C1(c2ccc(Br)cc2)CC1. The molecule has 1 aromatic rings. The number of halogens is 1. The van der Waals surface area contributed by atoms with Crippen molar-refractivity contribution in [3.05, 3.63) is 34.3 Å². The van der Waals surface area contributed by atoms with E-state index >= 15 is 0 Å². The zero-order valence-electron chi connectivity index (χ0n) is 10.1. The molecule has 2 N–H and O–H groups in total. The second-order valence-corrected chi connectivity index (χ2v) is 5.52. The highest BCUT2D eigenvalue weighted by Crippen LogP contribution is 2.51. The number of rotatable bonds is 3. The van der Waals surface area contributed by atoms with Crippen molar-refractivity contribution in [2.45, 2.75) is 31.2 Å². The molecule has 92 valence electrons. The van der Waals surface area contributed by atoms with Gasteiger partial charge in [-0.1, -0.05) is 28.1 Å². The first-order chi connectivity index (χ1) is 8.08. The molecule has 0 saturated heterocycles. The van der Waals surface area contributed by atoms with Crippen molar-refractivity contribution in [3.63, 3.8) is 0 Å². The van der Waals surface area contributed by atoms with Gasteiger partial charge in [0.05, 0.1) is 0 Å². The lowest BCUT2D eigenvalue weighted by Crippen LogP contribution is -2.45. The van der Waals surface area contributed by atoms with Gasteiger partial charge in [0.2, 0.25) is 0 Å². The second-order valence-electron chi connectivity index (χ2n) is 4.61. The topological polar surface area (TPSA) is 41.1 Å². The van der Waals surface area contributed by atoms with Crippen molar-refractivity contribution < 1.29 is 4.79 Å². The molecule has 1 aliphatic carbocycles. The number of carbonyl (C=O) groups excluding carboxylic acids is 1. The van der Waals surface area contributed by atoms with Gasteiger partial charge in [0.25, 0.3) is 0 Å². The summed E-state index contributed by atoms with van der Waals surface area (Å²) in [6, 6.07) is 8.44. The van der Waals surface area contributed by atoms with Crippen molar-refractivity contribution in [3.8, 4) is 0 Å². The summed E-state index contributed by atoms with van der Waals surface area (Å²) in [5, 5.41) is 5.58. The van der Waals surface area contributed by atoms with Crippen LogP contribution in [-0.2, 0) is 5.41 Å². The van der Waals surface area contributed by atoms with Gasteiger partial charge in [0.1, 0.15) is 0 Å². The third-order valence-electron chi connectivity index (χ3n) is 3.61. The van der Waals surface area contributed by atoms with Gasteiger partial charge in [0, 0.05) is 23.0 Å². The maximum Gasteiger partial charge on any atom is 0.314 e. The van der Waals surface area contributed by atoms with E-state index < -0.39 is 0 Å². The smallest absolute Gasteiger partial charge is 0.314 e. The fraction of sp³-hybridized carbons (Fsp3) is 0.462. The highest BCUT2D eigenvalue weighted by Gasteiger charge is 2.49. The first kappa shape index (κ1) is 12.4. The summed E-state index contributed by atoms with van der Waals surface area (Å²) in [6.07, 6.45) is 2.28. The highest BCUT2D eigenvalue weighted by atomic mass is 79.9. The Kier molecular flexibility index (Phi) is 3.43. The normalized spacial score (nSPS) is 18.3. The molecule has 1 aromatic carbocycles. The predicted molar refractivity (Wildman–Crippen MR) is 72.1 cm³/mol. The summed E-state index contributed by atoms with van der Waals surface area (Å²) in [4.78, 5) is 11.4. The first-order valence-electron chi connectivity index (χ1n) is 5.83. The lowest BCUT2D eigenvalue weighted by Gasteiger charge is -2.25. The van der Waals surface area contributed by atoms with E-state index in [-0.39, 0.29) is 17.5 Å². The third-order valence-corrected chi connectivity index (χ3v) is 4.14. The van der Waals surface area contributed by atoms with Gasteiger partial charge in [-0.05, 0) is 37.5 Å². The molecule has 0 radical (unpaired) electrons. The van der Waals surface area contributed by atoms with E-state index in [1.165, 1.54) is 5.56 Å². The van der Waals surface area contributed by atoms with Crippen LogP contribution in [-0.4, -0.2) is 19.1 Å². The minimum absolute atomic E-state index is 0.110. The Balaban J connectivity index is 2.13. The number of nitrogens with one attached hydrogen (secondary N) is 2. The zero-order chi connectivity index (χ0) is 12.5. The third kappa shape index (κ3) is 2.46. The van der Waals surface area contributed by atoms with Crippen molar-refractivity contribution >= 4 is 22.0 Å². The number of urea groups is 1. The molecule has 1 fully saturated rings. The first-order valence-corrected chi connectivity index (χ1v) is 6.62.